The van der Waals surface area contributed by atoms with Crippen molar-refractivity contribution < 1.29 is 15.0 Å². The predicted octanol–water partition coefficient (Wildman–Crippen LogP) is 0.426. The Morgan fingerprint density at radius 3 is 2.73 bits per heavy atom. The van der Waals surface area contributed by atoms with Crippen molar-refractivity contribution in [3.05, 3.63) is 0 Å². The molecule has 0 radical (unpaired) electrons. The molecule has 2 unspecified atom stereocenters. The zero-order valence-electron chi connectivity index (χ0n) is 9.11. The van der Waals surface area contributed by atoms with E-state index in [1.165, 1.54) is 0 Å². The quantitative estimate of drug-likeness (QED) is 0.563. The maximum atomic E-state index is 11.3. The van der Waals surface area contributed by atoms with E-state index in [-0.39, 0.29) is 18.6 Å². The number of unbranched alkanes of at least 4 members (excludes halogenated alkanes) is 1. The van der Waals surface area contributed by atoms with E-state index >= 15 is 0 Å². The van der Waals surface area contributed by atoms with Crippen molar-refractivity contribution in [3.8, 4) is 0 Å². The van der Waals surface area contributed by atoms with Crippen molar-refractivity contribution in [1.29, 1.82) is 0 Å². The summed E-state index contributed by atoms with van der Waals surface area (Å²) >= 11 is 0. The largest absolute Gasteiger partial charge is 0.396 e. The summed E-state index contributed by atoms with van der Waals surface area (Å²) < 4.78 is 0. The van der Waals surface area contributed by atoms with E-state index in [9.17, 15) is 9.90 Å². The molecule has 1 amide bonds. The minimum Gasteiger partial charge on any atom is -0.396 e. The summed E-state index contributed by atoms with van der Waals surface area (Å²) in [6.45, 7) is 0.844. The molecule has 1 rings (SSSR count). The molecule has 4 heteroatoms. The van der Waals surface area contributed by atoms with Gasteiger partial charge in [-0.15, -0.1) is 0 Å². The summed E-state index contributed by atoms with van der Waals surface area (Å²) in [5, 5.41) is 20.7. The summed E-state index contributed by atoms with van der Waals surface area (Å²) in [5.74, 6) is 0.506. The highest BCUT2D eigenvalue weighted by Crippen LogP contribution is 2.24. The van der Waals surface area contributed by atoms with Gasteiger partial charge in [0.1, 0.15) is 0 Å². The number of aliphatic hydroxyl groups is 2. The SMILES string of the molecule is O=C(CCCCO)NCC1CCC(O)C1. The molecule has 1 aliphatic rings. The molecular weight excluding hydrogens is 194 g/mol. The predicted molar refractivity (Wildman–Crippen MR) is 57.3 cm³/mol. The minimum absolute atomic E-state index is 0.0600. The molecule has 1 fully saturated rings. The number of carbonyl (C=O) groups is 1. The van der Waals surface area contributed by atoms with Gasteiger partial charge in [0.05, 0.1) is 6.10 Å². The third-order valence-electron chi connectivity index (χ3n) is 2.91. The fraction of sp³-hybridized carbons (Fsp3) is 0.909. The zero-order chi connectivity index (χ0) is 11.1. The van der Waals surface area contributed by atoms with E-state index in [1.54, 1.807) is 0 Å². The van der Waals surface area contributed by atoms with E-state index in [2.05, 4.69) is 5.32 Å². The van der Waals surface area contributed by atoms with Crippen LogP contribution in [0.2, 0.25) is 0 Å². The lowest BCUT2D eigenvalue weighted by molar-refractivity contribution is -0.121. The maximum absolute atomic E-state index is 11.3. The van der Waals surface area contributed by atoms with Crippen LogP contribution in [0.15, 0.2) is 0 Å². The molecule has 0 aliphatic heterocycles. The first-order chi connectivity index (χ1) is 7.22. The van der Waals surface area contributed by atoms with E-state index in [4.69, 9.17) is 5.11 Å². The molecule has 0 bridgehead atoms. The fourth-order valence-corrected chi connectivity index (χ4v) is 1.98. The molecular formula is C11H21NO3. The number of carbonyl (C=O) groups excluding carboxylic acids is 1. The van der Waals surface area contributed by atoms with Gasteiger partial charge in [0.15, 0.2) is 0 Å². The van der Waals surface area contributed by atoms with Crippen LogP contribution in [0.1, 0.15) is 38.5 Å². The molecule has 0 aromatic carbocycles. The monoisotopic (exact) mass is 215 g/mol. The smallest absolute Gasteiger partial charge is 0.220 e. The van der Waals surface area contributed by atoms with Crippen LogP contribution in [0.4, 0.5) is 0 Å². The highest BCUT2D eigenvalue weighted by molar-refractivity contribution is 5.75. The molecule has 4 nitrogen and oxygen atoms in total. The van der Waals surface area contributed by atoms with Crippen molar-refractivity contribution in [3.63, 3.8) is 0 Å². The second kappa shape index (κ2) is 6.80. The number of hydrogen-bond donors (Lipinski definition) is 3. The van der Waals surface area contributed by atoms with Crippen molar-refractivity contribution >= 4 is 5.91 Å². The molecule has 0 aromatic heterocycles. The molecule has 0 spiro atoms. The van der Waals surface area contributed by atoms with E-state index in [0.717, 1.165) is 25.7 Å². The third-order valence-corrected chi connectivity index (χ3v) is 2.91. The first-order valence-electron chi connectivity index (χ1n) is 5.78. The van der Waals surface area contributed by atoms with Crippen LogP contribution in [0.25, 0.3) is 0 Å². The molecule has 1 saturated carbocycles. The topological polar surface area (TPSA) is 69.6 Å². The number of amides is 1. The Bertz CT molecular complexity index is 196. The molecule has 0 aromatic rings. The lowest BCUT2D eigenvalue weighted by Gasteiger charge is -2.10. The average molecular weight is 215 g/mol. The molecule has 88 valence electrons. The zero-order valence-corrected chi connectivity index (χ0v) is 9.11. The number of hydrogen-bond acceptors (Lipinski definition) is 3. The summed E-state index contributed by atoms with van der Waals surface area (Å²) in [6, 6.07) is 0. The third kappa shape index (κ3) is 5.14. The molecule has 15 heavy (non-hydrogen) atoms. The second-order valence-corrected chi connectivity index (χ2v) is 4.32. The van der Waals surface area contributed by atoms with Crippen molar-refractivity contribution in [2.24, 2.45) is 5.92 Å². The van der Waals surface area contributed by atoms with Crippen LogP contribution in [-0.2, 0) is 4.79 Å². The first kappa shape index (κ1) is 12.5. The Labute approximate surface area is 90.7 Å². The van der Waals surface area contributed by atoms with Gasteiger partial charge in [0, 0.05) is 19.6 Å². The van der Waals surface area contributed by atoms with Gasteiger partial charge in [0.25, 0.3) is 0 Å². The van der Waals surface area contributed by atoms with Crippen LogP contribution in [0.5, 0.6) is 0 Å². The highest BCUT2D eigenvalue weighted by Gasteiger charge is 2.22. The Kier molecular flexibility index (Phi) is 5.65. The second-order valence-electron chi connectivity index (χ2n) is 4.32. The van der Waals surface area contributed by atoms with Gasteiger partial charge in [-0.05, 0) is 38.0 Å². The fourth-order valence-electron chi connectivity index (χ4n) is 1.98. The van der Waals surface area contributed by atoms with Gasteiger partial charge in [-0.1, -0.05) is 0 Å². The Morgan fingerprint density at radius 2 is 2.13 bits per heavy atom. The Balaban J connectivity index is 2.01. The number of rotatable bonds is 6. The van der Waals surface area contributed by atoms with Crippen molar-refractivity contribution in [2.45, 2.75) is 44.6 Å². The lowest BCUT2D eigenvalue weighted by atomic mass is 10.1. The Morgan fingerprint density at radius 1 is 1.33 bits per heavy atom. The number of nitrogens with one attached hydrogen (secondary N) is 1. The maximum Gasteiger partial charge on any atom is 0.220 e. The molecule has 1 aliphatic carbocycles. The van der Waals surface area contributed by atoms with Crippen molar-refractivity contribution in [2.75, 3.05) is 13.2 Å². The minimum atomic E-state index is -0.165. The molecule has 3 N–H and O–H groups in total. The summed E-state index contributed by atoms with van der Waals surface area (Å²) in [5.41, 5.74) is 0. The summed E-state index contributed by atoms with van der Waals surface area (Å²) in [7, 11) is 0. The van der Waals surface area contributed by atoms with Crippen LogP contribution in [0.3, 0.4) is 0 Å². The van der Waals surface area contributed by atoms with E-state index < -0.39 is 0 Å². The van der Waals surface area contributed by atoms with Gasteiger partial charge in [-0.2, -0.15) is 0 Å². The normalized spacial score (nSPS) is 25.5. The first-order valence-corrected chi connectivity index (χ1v) is 5.78. The van der Waals surface area contributed by atoms with Gasteiger partial charge < -0.3 is 15.5 Å². The van der Waals surface area contributed by atoms with E-state index in [1.807, 2.05) is 0 Å². The summed E-state index contributed by atoms with van der Waals surface area (Å²) in [4.78, 5) is 11.3. The van der Waals surface area contributed by atoms with Gasteiger partial charge in [0.2, 0.25) is 5.91 Å². The van der Waals surface area contributed by atoms with Crippen LogP contribution < -0.4 is 5.32 Å². The Hall–Kier alpha value is -0.610. The average Bonchev–Trinajstić information content (AvgIpc) is 2.62. The standard InChI is InChI=1S/C11H21NO3/c13-6-2-1-3-11(15)12-8-9-4-5-10(14)7-9/h9-10,13-14H,1-8H2,(H,12,15). The van der Waals surface area contributed by atoms with Crippen LogP contribution >= 0.6 is 0 Å². The van der Waals surface area contributed by atoms with Gasteiger partial charge in [-0.3, -0.25) is 4.79 Å². The van der Waals surface area contributed by atoms with E-state index in [0.29, 0.717) is 25.3 Å². The van der Waals surface area contributed by atoms with Gasteiger partial charge >= 0.3 is 0 Å². The van der Waals surface area contributed by atoms with Crippen LogP contribution in [-0.4, -0.2) is 35.4 Å². The van der Waals surface area contributed by atoms with Crippen molar-refractivity contribution in [1.82, 2.24) is 5.32 Å². The lowest BCUT2D eigenvalue weighted by Crippen LogP contribution is -2.28. The highest BCUT2D eigenvalue weighted by atomic mass is 16.3. The molecule has 0 saturated heterocycles. The molecule has 2 atom stereocenters. The summed E-state index contributed by atoms with van der Waals surface area (Å²) in [6.07, 6.45) is 4.46. The number of aliphatic hydroxyl groups excluding tert-OH is 2. The van der Waals surface area contributed by atoms with Crippen LogP contribution in [0, 0.1) is 5.92 Å². The molecule has 0 heterocycles. The van der Waals surface area contributed by atoms with Gasteiger partial charge in [-0.25, -0.2) is 0 Å².